The first-order valence-corrected chi connectivity index (χ1v) is 8.26. The average Bonchev–Trinajstić information content (AvgIpc) is 3.06. The molecule has 140 valence electrons. The van der Waals surface area contributed by atoms with E-state index in [1.807, 2.05) is 0 Å². The van der Waals surface area contributed by atoms with Crippen LogP contribution in [0.1, 0.15) is 5.56 Å². The van der Waals surface area contributed by atoms with E-state index in [-0.39, 0.29) is 5.82 Å². The second kappa shape index (κ2) is 8.00. The lowest BCUT2D eigenvalue weighted by molar-refractivity contribution is 0.324. The summed E-state index contributed by atoms with van der Waals surface area (Å²) in [4.78, 5) is 0. The van der Waals surface area contributed by atoms with E-state index < -0.39 is 0 Å². The first-order valence-electron chi connectivity index (χ1n) is 7.85. The van der Waals surface area contributed by atoms with Crippen molar-refractivity contribution in [3.63, 3.8) is 0 Å². The Kier molecular flexibility index (Phi) is 5.51. The molecule has 7 nitrogen and oxygen atoms in total. The summed E-state index contributed by atoms with van der Waals surface area (Å²) in [6.07, 6.45) is 1.57. The summed E-state index contributed by atoms with van der Waals surface area (Å²) in [6, 6.07) is 9.42. The van der Waals surface area contributed by atoms with E-state index >= 15 is 0 Å². The SMILES string of the molecule is COc1ccc(/C=N/n2c(-c3ccc(F)cc3)n[nH]c2=S)c(OC)c1OC. The lowest BCUT2D eigenvalue weighted by Crippen LogP contribution is -2.00. The van der Waals surface area contributed by atoms with Crippen molar-refractivity contribution in [1.82, 2.24) is 14.9 Å². The molecule has 0 amide bonds. The van der Waals surface area contributed by atoms with Crippen LogP contribution in [-0.2, 0) is 0 Å². The number of halogens is 1. The predicted octanol–water partition coefficient (Wildman–Crippen LogP) is 3.65. The third kappa shape index (κ3) is 3.68. The Hall–Kier alpha value is -3.20. The van der Waals surface area contributed by atoms with Gasteiger partial charge in [0.15, 0.2) is 17.3 Å². The van der Waals surface area contributed by atoms with Crippen molar-refractivity contribution in [2.75, 3.05) is 21.3 Å². The van der Waals surface area contributed by atoms with E-state index in [1.165, 1.54) is 31.0 Å². The van der Waals surface area contributed by atoms with Gasteiger partial charge in [-0.15, -0.1) is 0 Å². The summed E-state index contributed by atoms with van der Waals surface area (Å²) < 4.78 is 31.0. The molecule has 3 aromatic rings. The molecule has 0 aliphatic heterocycles. The molecule has 9 heteroatoms. The van der Waals surface area contributed by atoms with Gasteiger partial charge < -0.3 is 14.2 Å². The van der Waals surface area contributed by atoms with Gasteiger partial charge in [-0.25, -0.2) is 9.49 Å². The summed E-state index contributed by atoms with van der Waals surface area (Å²) in [6.45, 7) is 0. The van der Waals surface area contributed by atoms with Crippen LogP contribution in [0.25, 0.3) is 11.4 Å². The zero-order valence-corrected chi connectivity index (χ0v) is 15.7. The van der Waals surface area contributed by atoms with Crippen molar-refractivity contribution in [2.45, 2.75) is 0 Å². The Morgan fingerprint density at radius 2 is 1.74 bits per heavy atom. The highest BCUT2D eigenvalue weighted by molar-refractivity contribution is 7.71. The minimum absolute atomic E-state index is 0.296. The van der Waals surface area contributed by atoms with Gasteiger partial charge in [0.05, 0.1) is 27.5 Å². The molecule has 3 rings (SSSR count). The third-order valence-corrected chi connectivity index (χ3v) is 4.06. The van der Waals surface area contributed by atoms with Crippen LogP contribution in [0.2, 0.25) is 0 Å². The number of H-pyrrole nitrogens is 1. The lowest BCUT2D eigenvalue weighted by Gasteiger charge is -2.13. The molecule has 0 aliphatic rings. The Labute approximate surface area is 160 Å². The van der Waals surface area contributed by atoms with E-state index in [1.54, 1.807) is 37.6 Å². The van der Waals surface area contributed by atoms with Crippen LogP contribution in [0.3, 0.4) is 0 Å². The third-order valence-electron chi connectivity index (χ3n) is 3.80. The van der Waals surface area contributed by atoms with Crippen LogP contribution in [0.4, 0.5) is 4.39 Å². The molecule has 0 spiro atoms. The Morgan fingerprint density at radius 1 is 1.04 bits per heavy atom. The van der Waals surface area contributed by atoms with Crippen molar-refractivity contribution >= 4 is 18.4 Å². The van der Waals surface area contributed by atoms with Gasteiger partial charge in [-0.2, -0.15) is 14.9 Å². The zero-order chi connectivity index (χ0) is 19.4. The highest BCUT2D eigenvalue weighted by Gasteiger charge is 2.15. The normalized spacial score (nSPS) is 11.0. The average molecular weight is 388 g/mol. The maximum atomic E-state index is 13.2. The number of ether oxygens (including phenoxy) is 3. The number of hydrogen-bond donors (Lipinski definition) is 1. The molecule has 0 saturated carbocycles. The van der Waals surface area contributed by atoms with E-state index in [4.69, 9.17) is 26.4 Å². The number of nitrogens with one attached hydrogen (secondary N) is 1. The van der Waals surface area contributed by atoms with Crippen molar-refractivity contribution < 1.29 is 18.6 Å². The minimum atomic E-state index is -0.335. The highest BCUT2D eigenvalue weighted by Crippen LogP contribution is 2.39. The molecule has 0 radical (unpaired) electrons. The van der Waals surface area contributed by atoms with Crippen LogP contribution in [0.5, 0.6) is 17.2 Å². The maximum absolute atomic E-state index is 13.2. The van der Waals surface area contributed by atoms with Gasteiger partial charge in [0.2, 0.25) is 10.5 Å². The molecule has 0 bridgehead atoms. The smallest absolute Gasteiger partial charge is 0.216 e. The van der Waals surface area contributed by atoms with Gasteiger partial charge >= 0.3 is 0 Å². The summed E-state index contributed by atoms with van der Waals surface area (Å²) >= 11 is 5.24. The van der Waals surface area contributed by atoms with Crippen molar-refractivity contribution in [3.05, 3.63) is 52.5 Å². The highest BCUT2D eigenvalue weighted by atomic mass is 32.1. The largest absolute Gasteiger partial charge is 0.493 e. The number of aromatic amines is 1. The molecule has 0 unspecified atom stereocenters. The number of methoxy groups -OCH3 is 3. The quantitative estimate of drug-likeness (QED) is 0.515. The van der Waals surface area contributed by atoms with Crippen LogP contribution >= 0.6 is 12.2 Å². The van der Waals surface area contributed by atoms with Crippen molar-refractivity contribution in [2.24, 2.45) is 5.10 Å². The number of hydrogen-bond acceptors (Lipinski definition) is 6. The van der Waals surface area contributed by atoms with Crippen molar-refractivity contribution in [3.8, 4) is 28.6 Å². The molecule has 27 heavy (non-hydrogen) atoms. The fraction of sp³-hybridized carbons (Fsp3) is 0.167. The molecule has 0 atom stereocenters. The molecule has 0 fully saturated rings. The molecule has 1 heterocycles. The predicted molar refractivity (Wildman–Crippen MR) is 102 cm³/mol. The molecule has 2 aromatic carbocycles. The number of nitrogens with zero attached hydrogens (tertiary/aromatic N) is 3. The molecule has 1 aromatic heterocycles. The standard InChI is InChI=1S/C18H17FN4O3S/c1-24-14-9-6-12(15(25-2)16(14)26-3)10-20-23-17(21-22-18(23)27)11-4-7-13(19)8-5-11/h4-10H,1-3H3,(H,22,27)/b20-10+. The van der Waals surface area contributed by atoms with Crippen LogP contribution in [-0.4, -0.2) is 42.4 Å². The van der Waals surface area contributed by atoms with Crippen molar-refractivity contribution in [1.29, 1.82) is 0 Å². The summed E-state index contributed by atoms with van der Waals surface area (Å²) in [5.74, 6) is 1.59. The van der Waals surface area contributed by atoms with Crippen LogP contribution < -0.4 is 14.2 Å². The Balaban J connectivity index is 2.04. The number of benzene rings is 2. The molecular formula is C18H17FN4O3S. The summed E-state index contributed by atoms with van der Waals surface area (Å²) in [7, 11) is 4.60. The van der Waals surface area contributed by atoms with Crippen LogP contribution in [0.15, 0.2) is 41.5 Å². The first kappa shape index (κ1) is 18.6. The number of aromatic nitrogens is 3. The topological polar surface area (TPSA) is 73.7 Å². The van der Waals surface area contributed by atoms with E-state index in [2.05, 4.69) is 15.3 Å². The second-order valence-corrected chi connectivity index (χ2v) is 5.73. The zero-order valence-electron chi connectivity index (χ0n) is 14.9. The summed E-state index contributed by atoms with van der Waals surface area (Å²) in [5, 5.41) is 11.3. The van der Waals surface area contributed by atoms with E-state index in [0.717, 1.165) is 0 Å². The fourth-order valence-corrected chi connectivity index (χ4v) is 2.71. The van der Waals surface area contributed by atoms with Gasteiger partial charge in [0, 0.05) is 11.1 Å². The van der Waals surface area contributed by atoms with Gasteiger partial charge in [-0.1, -0.05) is 0 Å². The Morgan fingerprint density at radius 3 is 2.37 bits per heavy atom. The van der Waals surface area contributed by atoms with Gasteiger partial charge in [-0.3, -0.25) is 0 Å². The van der Waals surface area contributed by atoms with Gasteiger partial charge in [0.1, 0.15) is 5.82 Å². The van der Waals surface area contributed by atoms with Gasteiger partial charge in [-0.05, 0) is 48.6 Å². The minimum Gasteiger partial charge on any atom is -0.493 e. The molecule has 0 saturated heterocycles. The van der Waals surface area contributed by atoms with E-state index in [0.29, 0.717) is 39.0 Å². The maximum Gasteiger partial charge on any atom is 0.216 e. The van der Waals surface area contributed by atoms with Gasteiger partial charge in [0.25, 0.3) is 0 Å². The Bertz CT molecular complexity index is 1030. The molecule has 0 aliphatic carbocycles. The van der Waals surface area contributed by atoms with E-state index in [9.17, 15) is 4.39 Å². The van der Waals surface area contributed by atoms with Crippen LogP contribution in [0, 0.1) is 10.6 Å². The summed E-state index contributed by atoms with van der Waals surface area (Å²) in [5.41, 5.74) is 1.32. The second-order valence-electron chi connectivity index (χ2n) is 5.34. The number of rotatable bonds is 6. The molecular weight excluding hydrogens is 371 g/mol. The monoisotopic (exact) mass is 388 g/mol. The fourth-order valence-electron chi connectivity index (χ4n) is 2.53. The lowest BCUT2D eigenvalue weighted by atomic mass is 10.2. The molecule has 1 N–H and O–H groups in total. The first-order chi connectivity index (χ1) is 13.1.